The van der Waals surface area contributed by atoms with Crippen LogP contribution in [-0.2, 0) is 9.53 Å². The highest BCUT2D eigenvalue weighted by molar-refractivity contribution is 5.85. The van der Waals surface area contributed by atoms with Crippen molar-refractivity contribution in [3.63, 3.8) is 0 Å². The molecule has 0 bridgehead atoms. The van der Waals surface area contributed by atoms with Crippen LogP contribution in [0.25, 0.3) is 0 Å². The lowest BCUT2D eigenvalue weighted by molar-refractivity contribution is -0.122. The van der Waals surface area contributed by atoms with Gasteiger partial charge in [-0.3, -0.25) is 9.69 Å². The third kappa shape index (κ3) is 3.50. The molecule has 0 spiro atoms. The zero-order valence-electron chi connectivity index (χ0n) is 13.1. The van der Waals surface area contributed by atoms with E-state index in [0.29, 0.717) is 12.8 Å². The lowest BCUT2D eigenvalue weighted by atomic mass is 10.0. The highest BCUT2D eigenvalue weighted by Gasteiger charge is 2.42. The molecule has 3 N–H and O–H groups in total. The Kier molecular flexibility index (Phi) is 4.30. The molecule has 2 rings (SSSR count). The third-order valence-corrected chi connectivity index (χ3v) is 3.60. The fourth-order valence-corrected chi connectivity index (χ4v) is 2.68. The van der Waals surface area contributed by atoms with E-state index in [4.69, 9.17) is 10.5 Å². The van der Waals surface area contributed by atoms with Crippen molar-refractivity contribution in [2.75, 3.05) is 0 Å². The van der Waals surface area contributed by atoms with E-state index in [2.05, 4.69) is 0 Å². The summed E-state index contributed by atoms with van der Waals surface area (Å²) in [4.78, 5) is 25.5. The molecule has 2 amide bonds. The fourth-order valence-electron chi connectivity index (χ4n) is 2.68. The predicted molar refractivity (Wildman–Crippen MR) is 81.1 cm³/mol. The van der Waals surface area contributed by atoms with Crippen LogP contribution in [0.4, 0.5) is 4.79 Å². The van der Waals surface area contributed by atoms with Crippen LogP contribution in [0.2, 0.25) is 0 Å². The van der Waals surface area contributed by atoms with Gasteiger partial charge in [-0.05, 0) is 51.3 Å². The molecular formula is C16H22N2O4. The molecule has 1 saturated heterocycles. The normalized spacial score (nSPS) is 21.7. The van der Waals surface area contributed by atoms with Crippen LogP contribution in [0.15, 0.2) is 24.3 Å². The number of phenolic OH excluding ortho intramolecular Hbond substituents is 1. The first-order valence-electron chi connectivity index (χ1n) is 7.28. The first-order chi connectivity index (χ1) is 10.2. The molecule has 0 saturated carbocycles. The molecule has 6 nitrogen and oxygen atoms in total. The van der Waals surface area contributed by atoms with Gasteiger partial charge in [-0.15, -0.1) is 0 Å². The van der Waals surface area contributed by atoms with Gasteiger partial charge in [-0.25, -0.2) is 4.79 Å². The van der Waals surface area contributed by atoms with Crippen LogP contribution in [0.1, 0.15) is 45.2 Å². The summed E-state index contributed by atoms with van der Waals surface area (Å²) in [5.74, 6) is -0.385. The molecule has 0 aliphatic carbocycles. The summed E-state index contributed by atoms with van der Waals surface area (Å²) in [7, 11) is 0. The van der Waals surface area contributed by atoms with E-state index in [1.54, 1.807) is 45.0 Å². The Bertz CT molecular complexity index is 563. The maximum Gasteiger partial charge on any atom is 0.411 e. The summed E-state index contributed by atoms with van der Waals surface area (Å²) in [6.07, 6.45) is 0.574. The number of likely N-dealkylation sites (tertiary alicyclic amines) is 1. The largest absolute Gasteiger partial charge is 0.508 e. The lowest BCUT2D eigenvalue weighted by Gasteiger charge is -2.31. The number of hydrogen-bond donors (Lipinski definition) is 2. The van der Waals surface area contributed by atoms with Crippen molar-refractivity contribution >= 4 is 12.0 Å². The Morgan fingerprint density at radius 1 is 1.23 bits per heavy atom. The first kappa shape index (κ1) is 16.1. The maximum atomic E-state index is 12.5. The Morgan fingerprint density at radius 3 is 2.32 bits per heavy atom. The minimum Gasteiger partial charge on any atom is -0.508 e. The summed E-state index contributed by atoms with van der Waals surface area (Å²) < 4.78 is 5.41. The Hall–Kier alpha value is -2.24. The van der Waals surface area contributed by atoms with Crippen LogP contribution in [0, 0.1) is 0 Å². The predicted octanol–water partition coefficient (Wildman–Crippen LogP) is 2.32. The van der Waals surface area contributed by atoms with Crippen molar-refractivity contribution in [3.8, 4) is 5.75 Å². The summed E-state index contributed by atoms with van der Waals surface area (Å²) in [6.45, 7) is 5.32. The molecule has 6 heteroatoms. The number of benzene rings is 1. The molecule has 0 radical (unpaired) electrons. The number of rotatable bonds is 2. The number of ether oxygens (including phenoxy) is 1. The zero-order valence-corrected chi connectivity index (χ0v) is 13.1. The molecule has 1 aliphatic rings. The van der Waals surface area contributed by atoms with Crippen LogP contribution in [0.5, 0.6) is 5.75 Å². The van der Waals surface area contributed by atoms with Crippen molar-refractivity contribution in [2.24, 2.45) is 5.73 Å². The Morgan fingerprint density at radius 2 is 1.82 bits per heavy atom. The topological polar surface area (TPSA) is 92.9 Å². The molecule has 22 heavy (non-hydrogen) atoms. The molecular weight excluding hydrogens is 284 g/mol. The molecule has 1 aliphatic heterocycles. The van der Waals surface area contributed by atoms with Gasteiger partial charge in [0.15, 0.2) is 0 Å². The summed E-state index contributed by atoms with van der Waals surface area (Å²) in [5.41, 5.74) is 5.61. The van der Waals surface area contributed by atoms with E-state index in [-0.39, 0.29) is 11.8 Å². The van der Waals surface area contributed by atoms with E-state index in [9.17, 15) is 14.7 Å². The number of phenols is 1. The SMILES string of the molecule is CC(C)(C)OC(=O)N1C(C(N)=O)CCC1c1ccc(O)cc1. The van der Waals surface area contributed by atoms with Crippen molar-refractivity contribution in [3.05, 3.63) is 29.8 Å². The van der Waals surface area contributed by atoms with Crippen LogP contribution in [0.3, 0.4) is 0 Å². The van der Waals surface area contributed by atoms with Crippen LogP contribution >= 0.6 is 0 Å². The minimum atomic E-state index is -0.673. The number of primary amides is 1. The molecule has 120 valence electrons. The zero-order chi connectivity index (χ0) is 16.5. The highest BCUT2D eigenvalue weighted by Crippen LogP contribution is 2.37. The standard InChI is InChI=1S/C16H22N2O4/c1-16(2,3)22-15(21)18-12(8-9-13(18)14(17)20)10-4-6-11(19)7-5-10/h4-7,12-13,19H,8-9H2,1-3H3,(H2,17,20). The van der Waals surface area contributed by atoms with E-state index in [0.717, 1.165) is 5.56 Å². The second-order valence-corrected chi connectivity index (χ2v) is 6.49. The third-order valence-electron chi connectivity index (χ3n) is 3.60. The van der Waals surface area contributed by atoms with Gasteiger partial charge in [0.25, 0.3) is 0 Å². The van der Waals surface area contributed by atoms with Gasteiger partial charge in [0.05, 0.1) is 6.04 Å². The smallest absolute Gasteiger partial charge is 0.411 e. The molecule has 2 unspecified atom stereocenters. The van der Waals surface area contributed by atoms with Crippen LogP contribution in [-0.4, -0.2) is 33.6 Å². The lowest BCUT2D eigenvalue weighted by Crippen LogP contribution is -2.46. The number of hydrogen-bond acceptors (Lipinski definition) is 4. The average Bonchev–Trinajstić information content (AvgIpc) is 2.82. The number of nitrogens with two attached hydrogens (primary N) is 1. The summed E-state index contributed by atoms with van der Waals surface area (Å²) >= 11 is 0. The number of aromatic hydroxyl groups is 1. The molecule has 1 aromatic rings. The molecule has 1 fully saturated rings. The van der Waals surface area contributed by atoms with Gasteiger partial charge in [0.1, 0.15) is 17.4 Å². The number of carbonyl (C=O) groups excluding carboxylic acids is 2. The van der Waals surface area contributed by atoms with Gasteiger partial charge in [0.2, 0.25) is 5.91 Å². The van der Waals surface area contributed by atoms with Crippen LogP contribution < -0.4 is 5.73 Å². The molecule has 0 aromatic heterocycles. The fraction of sp³-hybridized carbons (Fsp3) is 0.500. The Balaban J connectivity index is 2.30. The second-order valence-electron chi connectivity index (χ2n) is 6.49. The maximum absolute atomic E-state index is 12.5. The molecule has 1 heterocycles. The number of carbonyl (C=O) groups is 2. The number of amides is 2. The average molecular weight is 306 g/mol. The van der Waals surface area contributed by atoms with Crippen molar-refractivity contribution < 1.29 is 19.4 Å². The quantitative estimate of drug-likeness (QED) is 0.877. The summed E-state index contributed by atoms with van der Waals surface area (Å²) in [5, 5.41) is 9.39. The van der Waals surface area contributed by atoms with Crippen molar-refractivity contribution in [1.29, 1.82) is 0 Å². The Labute approximate surface area is 129 Å². The van der Waals surface area contributed by atoms with E-state index >= 15 is 0 Å². The van der Waals surface area contributed by atoms with Gasteiger partial charge in [-0.1, -0.05) is 12.1 Å². The number of nitrogens with zero attached hydrogens (tertiary/aromatic N) is 1. The van der Waals surface area contributed by atoms with Gasteiger partial charge < -0.3 is 15.6 Å². The minimum absolute atomic E-state index is 0.150. The first-order valence-corrected chi connectivity index (χ1v) is 7.28. The molecule has 1 aromatic carbocycles. The van der Waals surface area contributed by atoms with Gasteiger partial charge in [0, 0.05) is 0 Å². The van der Waals surface area contributed by atoms with Gasteiger partial charge >= 0.3 is 6.09 Å². The molecule has 2 atom stereocenters. The second kappa shape index (κ2) is 5.87. The van der Waals surface area contributed by atoms with E-state index in [1.165, 1.54) is 4.90 Å². The van der Waals surface area contributed by atoms with Crippen molar-refractivity contribution in [1.82, 2.24) is 4.90 Å². The highest BCUT2D eigenvalue weighted by atomic mass is 16.6. The van der Waals surface area contributed by atoms with E-state index < -0.39 is 23.6 Å². The summed E-state index contributed by atoms with van der Waals surface area (Å²) in [6, 6.07) is 5.63. The van der Waals surface area contributed by atoms with Gasteiger partial charge in [-0.2, -0.15) is 0 Å². The van der Waals surface area contributed by atoms with E-state index in [1.807, 2.05) is 0 Å². The van der Waals surface area contributed by atoms with Crippen molar-refractivity contribution in [2.45, 2.75) is 51.3 Å². The monoisotopic (exact) mass is 306 g/mol.